The van der Waals surface area contributed by atoms with Crippen LogP contribution >= 0.6 is 0 Å². The third-order valence-corrected chi connectivity index (χ3v) is 4.67. The summed E-state index contributed by atoms with van der Waals surface area (Å²) in [7, 11) is 0. The van der Waals surface area contributed by atoms with Crippen LogP contribution in [-0.2, 0) is 23.7 Å². The van der Waals surface area contributed by atoms with E-state index in [0.717, 1.165) is 0 Å². The second-order valence-electron chi connectivity index (χ2n) is 7.01. The molecule has 0 aliphatic rings. The molecule has 3 aromatic rings. The molecule has 3 rings (SSSR count). The Morgan fingerprint density at radius 3 is 1.38 bits per heavy atom. The maximum absolute atomic E-state index is 12.7. The first-order chi connectivity index (χ1) is 16.6. The molecule has 8 heteroatoms. The van der Waals surface area contributed by atoms with Crippen LogP contribution in [0.5, 0.6) is 0 Å². The normalized spacial score (nSPS) is 12.0. The molecule has 0 saturated carbocycles. The molecule has 0 aliphatic heterocycles. The van der Waals surface area contributed by atoms with Crippen LogP contribution in [0.15, 0.2) is 91.0 Å². The van der Waals surface area contributed by atoms with E-state index < -0.39 is 43.3 Å². The van der Waals surface area contributed by atoms with E-state index >= 15 is 0 Å². The lowest BCUT2D eigenvalue weighted by atomic mass is 10.2. The molecule has 0 N–H and O–H groups in total. The number of rotatable bonds is 11. The SMILES string of the molecule is O=COCC(OC(=O)c1ccccc1)C(COC(=O)c1ccccc1)OC(=O)c1ccccc1. The third kappa shape index (κ3) is 7.03. The molecule has 3 aromatic carbocycles. The van der Waals surface area contributed by atoms with Crippen molar-refractivity contribution in [3.63, 3.8) is 0 Å². The number of hydrogen-bond donors (Lipinski definition) is 0. The van der Waals surface area contributed by atoms with E-state index in [4.69, 9.17) is 18.9 Å². The van der Waals surface area contributed by atoms with E-state index in [0.29, 0.717) is 0 Å². The van der Waals surface area contributed by atoms with Crippen molar-refractivity contribution in [1.82, 2.24) is 0 Å². The van der Waals surface area contributed by atoms with Crippen LogP contribution < -0.4 is 0 Å². The van der Waals surface area contributed by atoms with E-state index in [9.17, 15) is 19.2 Å². The molecule has 0 bridgehead atoms. The molecular formula is C26H22O8. The van der Waals surface area contributed by atoms with Crippen LogP contribution in [0.3, 0.4) is 0 Å². The van der Waals surface area contributed by atoms with Crippen molar-refractivity contribution in [2.24, 2.45) is 0 Å². The fraction of sp³-hybridized carbons (Fsp3) is 0.154. The fourth-order valence-electron chi connectivity index (χ4n) is 2.94. The molecule has 0 heterocycles. The van der Waals surface area contributed by atoms with Gasteiger partial charge < -0.3 is 18.9 Å². The molecule has 2 atom stereocenters. The Kier molecular flexibility index (Phi) is 8.92. The smallest absolute Gasteiger partial charge is 0.338 e. The van der Waals surface area contributed by atoms with E-state index in [1.165, 1.54) is 0 Å². The molecule has 2 unspecified atom stereocenters. The number of hydrogen-bond acceptors (Lipinski definition) is 8. The summed E-state index contributed by atoms with van der Waals surface area (Å²) in [6.07, 6.45) is -2.50. The molecule has 0 amide bonds. The molecule has 34 heavy (non-hydrogen) atoms. The van der Waals surface area contributed by atoms with Gasteiger partial charge in [0.1, 0.15) is 13.2 Å². The largest absolute Gasteiger partial charge is 0.464 e. The first-order valence-electron chi connectivity index (χ1n) is 10.4. The molecule has 0 aromatic heterocycles. The van der Waals surface area contributed by atoms with Gasteiger partial charge in [0.25, 0.3) is 6.47 Å². The minimum atomic E-state index is -1.26. The highest BCUT2D eigenvalue weighted by Gasteiger charge is 2.32. The van der Waals surface area contributed by atoms with Crippen molar-refractivity contribution in [2.75, 3.05) is 13.2 Å². The van der Waals surface area contributed by atoms with Crippen molar-refractivity contribution >= 4 is 24.4 Å². The van der Waals surface area contributed by atoms with E-state index in [1.807, 2.05) is 0 Å². The molecular weight excluding hydrogens is 440 g/mol. The van der Waals surface area contributed by atoms with Crippen molar-refractivity contribution in [1.29, 1.82) is 0 Å². The second-order valence-corrected chi connectivity index (χ2v) is 7.01. The standard InChI is InChI=1S/C26H22O8/c27-18-31-16-22(33-25(29)20-12-6-2-7-13-20)23(34-26(30)21-14-8-3-9-15-21)17-32-24(28)19-10-4-1-5-11-19/h1-15,18,22-23H,16-17H2. The number of benzene rings is 3. The Hall–Kier alpha value is -4.46. The third-order valence-electron chi connectivity index (χ3n) is 4.67. The first kappa shape index (κ1) is 24.2. The minimum absolute atomic E-state index is 0.176. The Morgan fingerprint density at radius 1 is 0.588 bits per heavy atom. The highest BCUT2D eigenvalue weighted by Crippen LogP contribution is 2.14. The van der Waals surface area contributed by atoms with Gasteiger partial charge in [0.05, 0.1) is 16.7 Å². The lowest BCUT2D eigenvalue weighted by Crippen LogP contribution is -2.42. The van der Waals surface area contributed by atoms with Crippen molar-refractivity contribution in [3.8, 4) is 0 Å². The molecule has 174 valence electrons. The van der Waals surface area contributed by atoms with E-state index in [-0.39, 0.29) is 23.2 Å². The Bertz CT molecular complexity index is 1080. The van der Waals surface area contributed by atoms with Gasteiger partial charge in [-0.3, -0.25) is 4.79 Å². The van der Waals surface area contributed by atoms with Gasteiger partial charge in [0, 0.05) is 0 Å². The minimum Gasteiger partial charge on any atom is -0.464 e. The van der Waals surface area contributed by atoms with E-state index in [1.54, 1.807) is 91.0 Å². The average Bonchev–Trinajstić information content (AvgIpc) is 2.90. The first-order valence-corrected chi connectivity index (χ1v) is 10.4. The molecule has 0 spiro atoms. The Balaban J connectivity index is 1.80. The van der Waals surface area contributed by atoms with Crippen molar-refractivity contribution in [3.05, 3.63) is 108 Å². The number of esters is 3. The van der Waals surface area contributed by atoms with Crippen molar-refractivity contribution < 1.29 is 38.1 Å². The summed E-state index contributed by atoms with van der Waals surface area (Å²) >= 11 is 0. The number of carbonyl (C=O) groups excluding carboxylic acids is 4. The second kappa shape index (κ2) is 12.5. The molecule has 8 nitrogen and oxygen atoms in total. The van der Waals surface area contributed by atoms with Gasteiger partial charge in [-0.15, -0.1) is 0 Å². The predicted octanol–water partition coefficient (Wildman–Crippen LogP) is 3.47. The molecule has 0 saturated heterocycles. The summed E-state index contributed by atoms with van der Waals surface area (Å²) in [6.45, 7) is -0.686. The van der Waals surface area contributed by atoms with E-state index in [2.05, 4.69) is 0 Å². The average molecular weight is 462 g/mol. The monoisotopic (exact) mass is 462 g/mol. The Labute approximate surface area is 196 Å². The van der Waals surface area contributed by atoms with Gasteiger partial charge in [-0.25, -0.2) is 14.4 Å². The molecule has 0 aliphatic carbocycles. The van der Waals surface area contributed by atoms with Gasteiger partial charge in [0.2, 0.25) is 0 Å². The van der Waals surface area contributed by atoms with Crippen LogP contribution in [0, 0.1) is 0 Å². The van der Waals surface area contributed by atoms with Crippen LogP contribution in [0.2, 0.25) is 0 Å². The summed E-state index contributed by atoms with van der Waals surface area (Å²) in [4.78, 5) is 48.6. The number of ether oxygens (including phenoxy) is 4. The Morgan fingerprint density at radius 2 is 0.971 bits per heavy atom. The zero-order chi connectivity index (χ0) is 24.2. The van der Waals surface area contributed by atoms with Crippen LogP contribution in [0.25, 0.3) is 0 Å². The predicted molar refractivity (Wildman–Crippen MR) is 120 cm³/mol. The number of carbonyl (C=O) groups is 4. The summed E-state index contributed by atoms with van der Waals surface area (Å²) in [5.74, 6) is -2.12. The lowest BCUT2D eigenvalue weighted by molar-refractivity contribution is -0.135. The van der Waals surface area contributed by atoms with Gasteiger partial charge in [-0.2, -0.15) is 0 Å². The highest BCUT2D eigenvalue weighted by atomic mass is 16.6. The highest BCUT2D eigenvalue weighted by molar-refractivity contribution is 5.91. The quantitative estimate of drug-likeness (QED) is 0.242. The summed E-state index contributed by atoms with van der Waals surface area (Å²) in [6, 6.07) is 24.5. The maximum atomic E-state index is 12.7. The maximum Gasteiger partial charge on any atom is 0.338 e. The fourth-order valence-corrected chi connectivity index (χ4v) is 2.94. The lowest BCUT2D eigenvalue weighted by Gasteiger charge is -2.26. The van der Waals surface area contributed by atoms with Gasteiger partial charge in [0.15, 0.2) is 12.2 Å². The van der Waals surface area contributed by atoms with Gasteiger partial charge in [-0.1, -0.05) is 54.6 Å². The zero-order valence-corrected chi connectivity index (χ0v) is 18.1. The van der Waals surface area contributed by atoms with Crippen LogP contribution in [-0.4, -0.2) is 49.8 Å². The van der Waals surface area contributed by atoms with Gasteiger partial charge in [-0.05, 0) is 36.4 Å². The topological polar surface area (TPSA) is 105 Å². The molecule has 0 radical (unpaired) electrons. The van der Waals surface area contributed by atoms with Crippen LogP contribution in [0.1, 0.15) is 31.1 Å². The zero-order valence-electron chi connectivity index (χ0n) is 18.1. The molecule has 0 fully saturated rings. The summed E-state index contributed by atoms with van der Waals surface area (Å²) in [5, 5.41) is 0. The van der Waals surface area contributed by atoms with Gasteiger partial charge >= 0.3 is 17.9 Å². The summed E-state index contributed by atoms with van der Waals surface area (Å²) < 4.78 is 21.1. The van der Waals surface area contributed by atoms with Crippen LogP contribution in [0.4, 0.5) is 0 Å². The van der Waals surface area contributed by atoms with Crippen molar-refractivity contribution in [2.45, 2.75) is 12.2 Å². The summed E-state index contributed by atoms with van der Waals surface area (Å²) in [5.41, 5.74) is 0.775.